The molecule has 0 radical (unpaired) electrons. The van der Waals surface area contributed by atoms with Gasteiger partial charge in [0.05, 0.1) is 0 Å². The number of aromatic nitrogens is 5. The van der Waals surface area contributed by atoms with Crippen LogP contribution in [0.1, 0.15) is 6.92 Å². The number of fused-ring (bicyclic) bond motifs is 1. The molecule has 7 nitrogen and oxygen atoms in total. The summed E-state index contributed by atoms with van der Waals surface area (Å²) in [6.07, 6.45) is 7.20. The van der Waals surface area contributed by atoms with Crippen LogP contribution in [0.5, 0.6) is 0 Å². The molecule has 1 atom stereocenters. The fraction of sp³-hybridized carbons (Fsp3) is 0.238. The van der Waals surface area contributed by atoms with E-state index in [1.54, 1.807) is 18.6 Å². The molecule has 140 valence electrons. The van der Waals surface area contributed by atoms with Crippen LogP contribution >= 0.6 is 0 Å². The number of anilines is 1. The first-order valence-corrected chi connectivity index (χ1v) is 9.48. The van der Waals surface area contributed by atoms with Gasteiger partial charge in [-0.15, -0.1) is 5.10 Å². The Balaban J connectivity index is 1.70. The minimum Gasteiger partial charge on any atom is -0.352 e. The highest BCUT2D eigenvalue weighted by atomic mass is 15.3. The summed E-state index contributed by atoms with van der Waals surface area (Å²) in [5, 5.41) is 8.45. The van der Waals surface area contributed by atoms with Crippen molar-refractivity contribution in [1.82, 2.24) is 29.9 Å². The second-order valence-corrected chi connectivity index (χ2v) is 7.05. The predicted octanol–water partition coefficient (Wildman–Crippen LogP) is 2.65. The van der Waals surface area contributed by atoms with E-state index in [9.17, 15) is 0 Å². The Bertz CT molecular complexity index is 1090. The van der Waals surface area contributed by atoms with Crippen LogP contribution in [0, 0.1) is 0 Å². The number of pyridine rings is 2. The SMILES string of the molecule is C[C@H]1CN(c2ccc3nc(-c4cccnc4)c(-c4ccncc4)n3n2)CCN1. The average molecular weight is 371 g/mol. The third-order valence-corrected chi connectivity index (χ3v) is 5.04. The molecule has 4 aromatic rings. The summed E-state index contributed by atoms with van der Waals surface area (Å²) in [7, 11) is 0. The Hall–Kier alpha value is -3.32. The number of nitrogens with one attached hydrogen (secondary N) is 1. The van der Waals surface area contributed by atoms with E-state index in [2.05, 4.69) is 33.2 Å². The van der Waals surface area contributed by atoms with Crippen molar-refractivity contribution in [3.63, 3.8) is 0 Å². The second kappa shape index (κ2) is 7.01. The molecule has 1 saturated heterocycles. The number of rotatable bonds is 3. The molecule has 0 amide bonds. The Morgan fingerprint density at radius 1 is 1.00 bits per heavy atom. The summed E-state index contributed by atoms with van der Waals surface area (Å²) >= 11 is 0. The third kappa shape index (κ3) is 2.99. The van der Waals surface area contributed by atoms with Crippen LogP contribution in [0.3, 0.4) is 0 Å². The number of imidazole rings is 1. The Labute approximate surface area is 163 Å². The molecular formula is C21H21N7. The van der Waals surface area contributed by atoms with Crippen molar-refractivity contribution in [3.05, 3.63) is 61.2 Å². The number of hydrogen-bond donors (Lipinski definition) is 1. The van der Waals surface area contributed by atoms with Crippen LogP contribution in [0.25, 0.3) is 28.2 Å². The smallest absolute Gasteiger partial charge is 0.155 e. The summed E-state index contributed by atoms with van der Waals surface area (Å²) < 4.78 is 1.94. The van der Waals surface area contributed by atoms with Crippen LogP contribution in [0.2, 0.25) is 0 Å². The molecule has 1 aliphatic heterocycles. The average Bonchev–Trinajstić information content (AvgIpc) is 3.14. The van der Waals surface area contributed by atoms with Gasteiger partial charge < -0.3 is 10.2 Å². The number of hydrogen-bond acceptors (Lipinski definition) is 6. The maximum absolute atomic E-state index is 4.97. The highest BCUT2D eigenvalue weighted by molar-refractivity contribution is 5.81. The minimum atomic E-state index is 0.444. The van der Waals surface area contributed by atoms with Crippen LogP contribution in [0.15, 0.2) is 61.2 Å². The van der Waals surface area contributed by atoms with Crippen molar-refractivity contribution < 1.29 is 0 Å². The van der Waals surface area contributed by atoms with Gasteiger partial charge in [0.25, 0.3) is 0 Å². The zero-order valence-electron chi connectivity index (χ0n) is 15.7. The first-order valence-electron chi connectivity index (χ1n) is 9.48. The molecule has 0 aromatic carbocycles. The van der Waals surface area contributed by atoms with Crippen molar-refractivity contribution in [1.29, 1.82) is 0 Å². The quantitative estimate of drug-likeness (QED) is 0.597. The molecule has 1 fully saturated rings. The lowest BCUT2D eigenvalue weighted by Gasteiger charge is -2.32. The summed E-state index contributed by atoms with van der Waals surface area (Å²) in [5.74, 6) is 0.964. The van der Waals surface area contributed by atoms with Gasteiger partial charge in [0, 0.05) is 61.6 Å². The van der Waals surface area contributed by atoms with Gasteiger partial charge in [-0.05, 0) is 43.3 Å². The van der Waals surface area contributed by atoms with Crippen LogP contribution < -0.4 is 10.2 Å². The van der Waals surface area contributed by atoms with E-state index < -0.39 is 0 Å². The summed E-state index contributed by atoms with van der Waals surface area (Å²) in [5.41, 5.74) is 4.64. The summed E-state index contributed by atoms with van der Waals surface area (Å²) in [4.78, 5) is 15.6. The standard InChI is InChI=1S/C21H21N7/c1-15-14-27(12-11-24-15)19-5-4-18-25-20(17-3-2-8-23-13-17)21(28(18)26-19)16-6-9-22-10-7-16/h2-10,13,15,24H,11-12,14H2,1H3/t15-/m0/s1. The van der Waals surface area contributed by atoms with Gasteiger partial charge in [0.1, 0.15) is 17.2 Å². The first kappa shape index (κ1) is 16.8. The molecule has 0 spiro atoms. The van der Waals surface area contributed by atoms with Crippen molar-refractivity contribution in [3.8, 4) is 22.5 Å². The number of piperazine rings is 1. The van der Waals surface area contributed by atoms with Crippen molar-refractivity contribution in [2.24, 2.45) is 0 Å². The van der Waals surface area contributed by atoms with Crippen molar-refractivity contribution >= 4 is 11.5 Å². The Morgan fingerprint density at radius 2 is 1.89 bits per heavy atom. The lowest BCUT2D eigenvalue weighted by Crippen LogP contribution is -2.49. The van der Waals surface area contributed by atoms with E-state index in [4.69, 9.17) is 10.1 Å². The zero-order valence-corrected chi connectivity index (χ0v) is 15.7. The van der Waals surface area contributed by atoms with E-state index in [1.807, 2.05) is 41.0 Å². The van der Waals surface area contributed by atoms with Crippen LogP contribution in [0.4, 0.5) is 5.82 Å². The molecular weight excluding hydrogens is 350 g/mol. The van der Waals surface area contributed by atoms with Gasteiger partial charge in [-0.25, -0.2) is 9.50 Å². The lowest BCUT2D eigenvalue weighted by atomic mass is 10.1. The molecule has 1 N–H and O–H groups in total. The van der Waals surface area contributed by atoms with Gasteiger partial charge in [0.15, 0.2) is 5.65 Å². The molecule has 1 aliphatic rings. The topological polar surface area (TPSA) is 71.2 Å². The normalized spacial score (nSPS) is 17.2. The van der Waals surface area contributed by atoms with Crippen molar-refractivity contribution in [2.75, 3.05) is 24.5 Å². The lowest BCUT2D eigenvalue weighted by molar-refractivity contribution is 0.481. The molecule has 4 aromatic heterocycles. The van der Waals surface area contributed by atoms with E-state index in [1.165, 1.54) is 0 Å². The Morgan fingerprint density at radius 3 is 2.68 bits per heavy atom. The molecule has 0 saturated carbocycles. The molecule has 0 unspecified atom stereocenters. The van der Waals surface area contributed by atoms with Crippen molar-refractivity contribution in [2.45, 2.75) is 13.0 Å². The maximum atomic E-state index is 4.97. The fourth-order valence-corrected chi connectivity index (χ4v) is 3.71. The highest BCUT2D eigenvalue weighted by Crippen LogP contribution is 2.32. The number of nitrogens with zero attached hydrogens (tertiary/aromatic N) is 6. The van der Waals surface area contributed by atoms with E-state index in [0.29, 0.717) is 6.04 Å². The van der Waals surface area contributed by atoms with Gasteiger partial charge >= 0.3 is 0 Å². The second-order valence-electron chi connectivity index (χ2n) is 7.05. The first-order chi connectivity index (χ1) is 13.8. The molecule has 5 heterocycles. The van der Waals surface area contributed by atoms with Crippen LogP contribution in [-0.2, 0) is 0 Å². The third-order valence-electron chi connectivity index (χ3n) is 5.04. The van der Waals surface area contributed by atoms with E-state index in [0.717, 1.165) is 53.6 Å². The van der Waals surface area contributed by atoms with Gasteiger partial charge in [-0.2, -0.15) is 0 Å². The molecule has 5 rings (SSSR count). The largest absolute Gasteiger partial charge is 0.352 e. The molecule has 0 bridgehead atoms. The van der Waals surface area contributed by atoms with E-state index >= 15 is 0 Å². The van der Waals surface area contributed by atoms with Gasteiger partial charge in [0.2, 0.25) is 0 Å². The highest BCUT2D eigenvalue weighted by Gasteiger charge is 2.21. The maximum Gasteiger partial charge on any atom is 0.155 e. The van der Waals surface area contributed by atoms with Crippen LogP contribution in [-0.4, -0.2) is 50.2 Å². The Kier molecular flexibility index (Phi) is 4.21. The monoisotopic (exact) mass is 371 g/mol. The predicted molar refractivity (Wildman–Crippen MR) is 109 cm³/mol. The van der Waals surface area contributed by atoms with Gasteiger partial charge in [-0.1, -0.05) is 0 Å². The summed E-state index contributed by atoms with van der Waals surface area (Å²) in [6, 6.07) is 12.5. The molecule has 0 aliphatic carbocycles. The van der Waals surface area contributed by atoms with E-state index in [-0.39, 0.29) is 0 Å². The zero-order chi connectivity index (χ0) is 18.9. The fourth-order valence-electron chi connectivity index (χ4n) is 3.71. The molecule has 7 heteroatoms. The minimum absolute atomic E-state index is 0.444. The van der Waals surface area contributed by atoms with Gasteiger partial charge in [-0.3, -0.25) is 9.97 Å². The molecule has 28 heavy (non-hydrogen) atoms. The summed E-state index contributed by atoms with van der Waals surface area (Å²) in [6.45, 7) is 5.04.